The van der Waals surface area contributed by atoms with Crippen LogP contribution in [0.3, 0.4) is 0 Å². The summed E-state index contributed by atoms with van der Waals surface area (Å²) < 4.78 is 4.99. The number of nitrogens with one attached hydrogen (secondary N) is 1. The van der Waals surface area contributed by atoms with Crippen molar-refractivity contribution < 1.29 is 9.32 Å². The zero-order chi connectivity index (χ0) is 11.4. The van der Waals surface area contributed by atoms with Crippen molar-refractivity contribution in [1.82, 2.24) is 10.5 Å². The third-order valence-electron chi connectivity index (χ3n) is 2.23. The van der Waals surface area contributed by atoms with E-state index in [1.54, 1.807) is 0 Å². The number of hydrogen-bond donors (Lipinski definition) is 1. The van der Waals surface area contributed by atoms with Crippen LogP contribution in [0.15, 0.2) is 4.52 Å². The van der Waals surface area contributed by atoms with Gasteiger partial charge in [0.05, 0.1) is 12.1 Å². The fraction of sp³-hybridized carbons (Fsp3) is 0.636. The molecule has 1 amide bonds. The fourth-order valence-corrected chi connectivity index (χ4v) is 1.30. The predicted octanol–water partition coefficient (Wildman–Crippen LogP) is 1.61. The lowest BCUT2D eigenvalue weighted by Gasteiger charge is -2.06. The number of aromatic nitrogens is 1. The first-order valence-electron chi connectivity index (χ1n) is 5.19. The van der Waals surface area contributed by atoms with Gasteiger partial charge in [0, 0.05) is 12.1 Å². The molecule has 0 aliphatic rings. The largest absolute Gasteiger partial charge is 0.361 e. The Hall–Kier alpha value is -1.32. The van der Waals surface area contributed by atoms with Crippen molar-refractivity contribution in [2.24, 2.45) is 5.92 Å². The van der Waals surface area contributed by atoms with Gasteiger partial charge < -0.3 is 9.84 Å². The molecule has 0 bridgehead atoms. The number of carbonyl (C=O) groups is 1. The topological polar surface area (TPSA) is 55.1 Å². The van der Waals surface area contributed by atoms with Crippen molar-refractivity contribution in [2.75, 3.05) is 6.54 Å². The molecule has 84 valence electrons. The van der Waals surface area contributed by atoms with E-state index in [-0.39, 0.29) is 5.91 Å². The molecule has 0 unspecified atom stereocenters. The van der Waals surface area contributed by atoms with Gasteiger partial charge in [-0.2, -0.15) is 0 Å². The first-order chi connectivity index (χ1) is 7.00. The Morgan fingerprint density at radius 3 is 2.60 bits per heavy atom. The average Bonchev–Trinajstić information content (AvgIpc) is 2.46. The van der Waals surface area contributed by atoms with Crippen LogP contribution in [0, 0.1) is 19.8 Å². The van der Waals surface area contributed by atoms with E-state index in [0.717, 1.165) is 17.0 Å². The van der Waals surface area contributed by atoms with Crippen molar-refractivity contribution in [2.45, 2.75) is 34.1 Å². The van der Waals surface area contributed by atoms with Crippen LogP contribution in [0.5, 0.6) is 0 Å². The highest BCUT2D eigenvalue weighted by Crippen LogP contribution is 2.12. The van der Waals surface area contributed by atoms with Gasteiger partial charge in [0.15, 0.2) is 0 Å². The van der Waals surface area contributed by atoms with Crippen molar-refractivity contribution >= 4 is 5.91 Å². The van der Waals surface area contributed by atoms with Crippen molar-refractivity contribution in [1.29, 1.82) is 0 Å². The number of carbonyl (C=O) groups excluding carboxylic acids is 1. The molecule has 15 heavy (non-hydrogen) atoms. The third kappa shape index (κ3) is 3.38. The molecule has 0 aliphatic heterocycles. The summed E-state index contributed by atoms with van der Waals surface area (Å²) in [4.78, 5) is 11.5. The van der Waals surface area contributed by atoms with Crippen LogP contribution < -0.4 is 5.32 Å². The van der Waals surface area contributed by atoms with Gasteiger partial charge in [-0.05, 0) is 19.8 Å². The minimum absolute atomic E-state index is 0.0260. The number of rotatable bonds is 4. The molecule has 1 N–H and O–H groups in total. The second kappa shape index (κ2) is 4.96. The van der Waals surface area contributed by atoms with E-state index in [9.17, 15) is 4.79 Å². The molecule has 1 heterocycles. The Bertz CT molecular complexity index is 323. The zero-order valence-electron chi connectivity index (χ0n) is 9.76. The van der Waals surface area contributed by atoms with E-state index in [4.69, 9.17) is 4.52 Å². The van der Waals surface area contributed by atoms with E-state index in [1.807, 2.05) is 13.8 Å². The lowest BCUT2D eigenvalue weighted by atomic mass is 10.1. The smallest absolute Gasteiger partial charge is 0.224 e. The molecule has 0 aliphatic carbocycles. The van der Waals surface area contributed by atoms with Gasteiger partial charge in [-0.3, -0.25) is 4.79 Å². The van der Waals surface area contributed by atoms with Gasteiger partial charge in [-0.25, -0.2) is 0 Å². The molecule has 0 atom stereocenters. The van der Waals surface area contributed by atoms with Gasteiger partial charge in [0.1, 0.15) is 5.76 Å². The van der Waals surface area contributed by atoms with Crippen LogP contribution in [0.4, 0.5) is 0 Å². The Morgan fingerprint density at radius 2 is 2.13 bits per heavy atom. The lowest BCUT2D eigenvalue weighted by Crippen LogP contribution is -2.28. The first kappa shape index (κ1) is 11.8. The van der Waals surface area contributed by atoms with Crippen LogP contribution in [0.1, 0.15) is 30.9 Å². The van der Waals surface area contributed by atoms with Crippen LogP contribution in [0.25, 0.3) is 0 Å². The summed E-state index contributed by atoms with van der Waals surface area (Å²) in [5.41, 5.74) is 1.70. The van der Waals surface area contributed by atoms with Gasteiger partial charge >= 0.3 is 0 Å². The van der Waals surface area contributed by atoms with E-state index < -0.39 is 0 Å². The summed E-state index contributed by atoms with van der Waals surface area (Å²) in [5.74, 6) is 1.23. The second-order valence-electron chi connectivity index (χ2n) is 4.18. The quantitative estimate of drug-likeness (QED) is 0.821. The van der Waals surface area contributed by atoms with E-state index in [1.165, 1.54) is 0 Å². The summed E-state index contributed by atoms with van der Waals surface area (Å²) in [6.45, 7) is 8.52. The maximum Gasteiger partial charge on any atom is 0.224 e. The van der Waals surface area contributed by atoms with E-state index in [0.29, 0.717) is 18.9 Å². The summed E-state index contributed by atoms with van der Waals surface area (Å²) in [5, 5.41) is 6.68. The number of hydrogen-bond acceptors (Lipinski definition) is 3. The molecular weight excluding hydrogens is 192 g/mol. The summed E-state index contributed by atoms with van der Waals surface area (Å²) >= 11 is 0. The van der Waals surface area contributed by atoms with Crippen molar-refractivity contribution in [3.8, 4) is 0 Å². The zero-order valence-corrected chi connectivity index (χ0v) is 9.76. The average molecular weight is 210 g/mol. The standard InChI is InChI=1S/C11H18N2O2/c1-7(2)6-12-11(14)5-10-8(3)13-15-9(10)4/h7H,5-6H2,1-4H3,(H,12,14). The molecule has 0 saturated carbocycles. The highest BCUT2D eigenvalue weighted by molar-refractivity contribution is 5.78. The highest BCUT2D eigenvalue weighted by Gasteiger charge is 2.13. The summed E-state index contributed by atoms with van der Waals surface area (Å²) in [6.07, 6.45) is 0.355. The molecule has 4 nitrogen and oxygen atoms in total. The van der Waals surface area contributed by atoms with Crippen molar-refractivity contribution in [3.63, 3.8) is 0 Å². The molecule has 0 spiro atoms. The van der Waals surface area contributed by atoms with Gasteiger partial charge in [-0.1, -0.05) is 19.0 Å². The Morgan fingerprint density at radius 1 is 1.47 bits per heavy atom. The van der Waals surface area contributed by atoms with Crippen LogP contribution in [-0.4, -0.2) is 17.6 Å². The molecule has 0 fully saturated rings. The predicted molar refractivity (Wildman–Crippen MR) is 57.5 cm³/mol. The van der Waals surface area contributed by atoms with Gasteiger partial charge in [0.25, 0.3) is 0 Å². The monoisotopic (exact) mass is 210 g/mol. The molecule has 0 saturated heterocycles. The fourth-order valence-electron chi connectivity index (χ4n) is 1.30. The van der Waals surface area contributed by atoms with Crippen molar-refractivity contribution in [3.05, 3.63) is 17.0 Å². The Kier molecular flexibility index (Phi) is 3.88. The van der Waals surface area contributed by atoms with E-state index in [2.05, 4.69) is 24.3 Å². The number of nitrogens with zero attached hydrogens (tertiary/aromatic N) is 1. The Labute approximate surface area is 90.0 Å². The van der Waals surface area contributed by atoms with Gasteiger partial charge in [0.2, 0.25) is 5.91 Å². The minimum atomic E-state index is 0.0260. The lowest BCUT2D eigenvalue weighted by molar-refractivity contribution is -0.120. The molecule has 4 heteroatoms. The van der Waals surface area contributed by atoms with E-state index >= 15 is 0 Å². The Balaban J connectivity index is 2.51. The normalized spacial score (nSPS) is 10.7. The van der Waals surface area contributed by atoms with Crippen LogP contribution in [0.2, 0.25) is 0 Å². The highest BCUT2D eigenvalue weighted by atomic mass is 16.5. The number of amides is 1. The summed E-state index contributed by atoms with van der Waals surface area (Å²) in [6, 6.07) is 0. The van der Waals surface area contributed by atoms with Gasteiger partial charge in [-0.15, -0.1) is 0 Å². The molecule has 1 aromatic heterocycles. The van der Waals surface area contributed by atoms with Crippen LogP contribution in [-0.2, 0) is 11.2 Å². The molecular formula is C11H18N2O2. The SMILES string of the molecule is Cc1noc(C)c1CC(=O)NCC(C)C. The molecule has 0 aromatic carbocycles. The molecule has 1 aromatic rings. The third-order valence-corrected chi connectivity index (χ3v) is 2.23. The minimum Gasteiger partial charge on any atom is -0.361 e. The molecule has 1 rings (SSSR count). The second-order valence-corrected chi connectivity index (χ2v) is 4.18. The maximum atomic E-state index is 11.5. The maximum absolute atomic E-state index is 11.5. The first-order valence-corrected chi connectivity index (χ1v) is 5.19. The van der Waals surface area contributed by atoms with Crippen LogP contribution >= 0.6 is 0 Å². The number of aryl methyl sites for hydroxylation is 2. The summed E-state index contributed by atoms with van der Waals surface area (Å²) in [7, 11) is 0. The molecule has 0 radical (unpaired) electrons.